The van der Waals surface area contributed by atoms with E-state index in [1.54, 1.807) is 0 Å². The highest BCUT2D eigenvalue weighted by atomic mass is 79.9. The van der Waals surface area contributed by atoms with Crippen LogP contribution in [0.2, 0.25) is 0 Å². The molecule has 3 nitrogen and oxygen atoms in total. The van der Waals surface area contributed by atoms with Crippen LogP contribution in [0.15, 0.2) is 24.3 Å². The van der Waals surface area contributed by atoms with Crippen LogP contribution in [0.3, 0.4) is 0 Å². The van der Waals surface area contributed by atoms with E-state index in [0.29, 0.717) is 6.54 Å². The van der Waals surface area contributed by atoms with E-state index in [9.17, 15) is 4.79 Å². The number of carbonyl (C=O) groups excluding carboxylic acids is 1. The zero-order valence-electron chi connectivity index (χ0n) is 12.3. The Morgan fingerprint density at radius 3 is 2.45 bits per heavy atom. The van der Waals surface area contributed by atoms with Gasteiger partial charge < -0.3 is 10.6 Å². The molecule has 0 heterocycles. The highest BCUT2D eigenvalue weighted by molar-refractivity contribution is 9.09. The maximum atomic E-state index is 11.5. The van der Waals surface area contributed by atoms with Gasteiger partial charge in [-0.15, -0.1) is 0 Å². The van der Waals surface area contributed by atoms with E-state index in [-0.39, 0.29) is 6.03 Å². The normalized spacial score (nSPS) is 10.3. The van der Waals surface area contributed by atoms with Gasteiger partial charge in [0.15, 0.2) is 0 Å². The summed E-state index contributed by atoms with van der Waals surface area (Å²) in [5.41, 5.74) is 2.18. The van der Waals surface area contributed by atoms with Gasteiger partial charge in [-0.3, -0.25) is 0 Å². The van der Waals surface area contributed by atoms with Gasteiger partial charge in [0.1, 0.15) is 0 Å². The predicted molar refractivity (Wildman–Crippen MR) is 89.7 cm³/mol. The van der Waals surface area contributed by atoms with E-state index >= 15 is 0 Å². The average Bonchev–Trinajstić information content (AvgIpc) is 2.46. The van der Waals surface area contributed by atoms with E-state index in [1.807, 2.05) is 12.1 Å². The molecular formula is C16H25BrN2O. The molecular weight excluding hydrogens is 316 g/mol. The van der Waals surface area contributed by atoms with Gasteiger partial charge in [0.25, 0.3) is 0 Å². The number of nitrogens with one attached hydrogen (secondary N) is 2. The van der Waals surface area contributed by atoms with Crippen LogP contribution in [0.25, 0.3) is 0 Å². The first-order valence-electron chi connectivity index (χ1n) is 7.46. The third kappa shape index (κ3) is 7.53. The second kappa shape index (κ2) is 10.7. The van der Waals surface area contributed by atoms with E-state index < -0.39 is 0 Å². The van der Waals surface area contributed by atoms with Gasteiger partial charge in [-0.25, -0.2) is 4.79 Å². The molecule has 0 spiro atoms. The summed E-state index contributed by atoms with van der Waals surface area (Å²) in [6.45, 7) is 2.86. The fourth-order valence-corrected chi connectivity index (χ4v) is 2.22. The van der Waals surface area contributed by atoms with Crippen LogP contribution < -0.4 is 10.6 Å². The first-order chi connectivity index (χ1) is 9.76. The summed E-state index contributed by atoms with van der Waals surface area (Å²) < 4.78 is 0. The number of carbonyl (C=O) groups is 1. The van der Waals surface area contributed by atoms with Gasteiger partial charge in [0, 0.05) is 17.6 Å². The molecule has 0 aromatic heterocycles. The van der Waals surface area contributed by atoms with E-state index in [4.69, 9.17) is 0 Å². The molecule has 2 N–H and O–H groups in total. The quantitative estimate of drug-likeness (QED) is 0.495. The molecule has 0 radical (unpaired) electrons. The topological polar surface area (TPSA) is 41.1 Å². The molecule has 1 rings (SSSR count). The van der Waals surface area contributed by atoms with Gasteiger partial charge in [-0.2, -0.15) is 0 Å². The number of amides is 2. The van der Waals surface area contributed by atoms with E-state index in [2.05, 4.69) is 45.6 Å². The minimum Gasteiger partial charge on any atom is -0.337 e. The number of hydrogen-bond acceptors (Lipinski definition) is 1. The second-order valence-corrected chi connectivity index (χ2v) is 5.72. The number of halogens is 1. The molecule has 0 aliphatic heterocycles. The minimum absolute atomic E-state index is 0.156. The number of aryl methyl sites for hydroxylation is 1. The third-order valence-corrected chi connectivity index (χ3v) is 3.56. The summed E-state index contributed by atoms with van der Waals surface area (Å²) >= 11 is 3.27. The van der Waals surface area contributed by atoms with Crippen molar-refractivity contribution in [2.75, 3.05) is 17.2 Å². The van der Waals surface area contributed by atoms with Crippen molar-refractivity contribution in [1.29, 1.82) is 0 Å². The fraction of sp³-hybridized carbons (Fsp3) is 0.562. The Morgan fingerprint density at radius 1 is 1.10 bits per heavy atom. The summed E-state index contributed by atoms with van der Waals surface area (Å²) in [7, 11) is 0. The number of benzene rings is 1. The van der Waals surface area contributed by atoms with Crippen molar-refractivity contribution < 1.29 is 4.79 Å². The Balaban J connectivity index is 2.27. The van der Waals surface area contributed by atoms with Crippen molar-refractivity contribution in [3.8, 4) is 0 Å². The highest BCUT2D eigenvalue weighted by Gasteiger charge is 2.00. The zero-order valence-corrected chi connectivity index (χ0v) is 13.8. The largest absolute Gasteiger partial charge is 0.337 e. The van der Waals surface area contributed by atoms with Gasteiger partial charge >= 0.3 is 6.03 Å². The Hall–Kier alpha value is -1.03. The lowest BCUT2D eigenvalue weighted by Gasteiger charge is -2.07. The SMILES string of the molecule is CCCCCCCc1ccc(NC(=O)NCCBr)cc1. The highest BCUT2D eigenvalue weighted by Crippen LogP contribution is 2.13. The molecule has 4 heteroatoms. The molecule has 20 heavy (non-hydrogen) atoms. The number of urea groups is 1. The second-order valence-electron chi connectivity index (χ2n) is 4.93. The van der Waals surface area contributed by atoms with Gasteiger partial charge in [-0.1, -0.05) is 60.7 Å². The average molecular weight is 341 g/mol. The van der Waals surface area contributed by atoms with E-state index in [0.717, 1.165) is 17.4 Å². The molecule has 0 saturated heterocycles. The lowest BCUT2D eigenvalue weighted by Crippen LogP contribution is -2.30. The zero-order chi connectivity index (χ0) is 14.6. The molecule has 1 aromatic carbocycles. The van der Waals surface area contributed by atoms with Crippen LogP contribution in [0.1, 0.15) is 44.6 Å². The van der Waals surface area contributed by atoms with Gasteiger partial charge in [0.05, 0.1) is 0 Å². The summed E-state index contributed by atoms with van der Waals surface area (Å²) in [6.07, 6.45) is 7.65. The smallest absolute Gasteiger partial charge is 0.319 e. The van der Waals surface area contributed by atoms with Crippen LogP contribution in [-0.2, 0) is 6.42 Å². The Bertz CT molecular complexity index is 379. The van der Waals surface area contributed by atoms with Crippen molar-refractivity contribution in [2.24, 2.45) is 0 Å². The minimum atomic E-state index is -0.156. The Labute approximate surface area is 130 Å². The van der Waals surface area contributed by atoms with E-state index in [1.165, 1.54) is 37.7 Å². The van der Waals surface area contributed by atoms with Crippen molar-refractivity contribution in [2.45, 2.75) is 45.4 Å². The molecule has 0 aliphatic rings. The van der Waals surface area contributed by atoms with Crippen LogP contribution in [-0.4, -0.2) is 17.9 Å². The Kier molecular flexibility index (Phi) is 9.13. The predicted octanol–water partition coefficient (Wildman–Crippen LogP) is 4.72. The molecule has 0 saturated carbocycles. The summed E-state index contributed by atoms with van der Waals surface area (Å²) in [6, 6.07) is 7.97. The van der Waals surface area contributed by atoms with Crippen LogP contribution in [0.5, 0.6) is 0 Å². The maximum Gasteiger partial charge on any atom is 0.319 e. The van der Waals surface area contributed by atoms with Gasteiger partial charge in [-0.05, 0) is 30.5 Å². The van der Waals surface area contributed by atoms with Crippen LogP contribution in [0, 0.1) is 0 Å². The molecule has 0 aliphatic carbocycles. The number of unbranched alkanes of at least 4 members (excludes halogenated alkanes) is 4. The van der Waals surface area contributed by atoms with Crippen LogP contribution >= 0.6 is 15.9 Å². The first-order valence-corrected chi connectivity index (χ1v) is 8.58. The fourth-order valence-electron chi connectivity index (χ4n) is 2.02. The molecule has 0 bridgehead atoms. The lowest BCUT2D eigenvalue weighted by molar-refractivity contribution is 0.252. The number of anilines is 1. The molecule has 2 amide bonds. The monoisotopic (exact) mass is 340 g/mol. The molecule has 1 aromatic rings. The first kappa shape index (κ1) is 17.0. The standard InChI is InChI=1S/C16H25BrN2O/c1-2-3-4-5-6-7-14-8-10-15(11-9-14)19-16(20)18-13-12-17/h8-11H,2-7,12-13H2,1H3,(H2,18,19,20). The number of alkyl halides is 1. The van der Waals surface area contributed by atoms with Gasteiger partial charge in [0.2, 0.25) is 0 Å². The molecule has 0 fully saturated rings. The molecule has 0 unspecified atom stereocenters. The number of rotatable bonds is 9. The number of hydrogen-bond donors (Lipinski definition) is 2. The maximum absolute atomic E-state index is 11.5. The van der Waals surface area contributed by atoms with Crippen molar-refractivity contribution in [3.05, 3.63) is 29.8 Å². The Morgan fingerprint density at radius 2 is 1.80 bits per heavy atom. The lowest BCUT2D eigenvalue weighted by atomic mass is 10.1. The van der Waals surface area contributed by atoms with Crippen molar-refractivity contribution >= 4 is 27.6 Å². The summed E-state index contributed by atoms with van der Waals surface area (Å²) in [5.74, 6) is 0. The summed E-state index contributed by atoms with van der Waals surface area (Å²) in [5, 5.41) is 6.33. The molecule has 0 atom stereocenters. The van der Waals surface area contributed by atoms with Crippen molar-refractivity contribution in [3.63, 3.8) is 0 Å². The van der Waals surface area contributed by atoms with Crippen molar-refractivity contribution in [1.82, 2.24) is 5.32 Å². The third-order valence-electron chi connectivity index (χ3n) is 3.16. The van der Waals surface area contributed by atoms with Crippen LogP contribution in [0.4, 0.5) is 10.5 Å². The summed E-state index contributed by atoms with van der Waals surface area (Å²) in [4.78, 5) is 11.5. The molecule has 112 valence electrons.